The Hall–Kier alpha value is -5.59. The van der Waals surface area contributed by atoms with E-state index < -0.39 is 59.5 Å². The van der Waals surface area contributed by atoms with Gasteiger partial charge in [-0.25, -0.2) is 14.8 Å². The highest BCUT2D eigenvalue weighted by atomic mass is 16.7. The lowest BCUT2D eigenvalue weighted by Gasteiger charge is -2.55. The Bertz CT molecular complexity index is 1970. The highest BCUT2D eigenvalue weighted by Gasteiger charge is 2.69. The first-order valence-electron chi connectivity index (χ1n) is 15.5. The van der Waals surface area contributed by atoms with E-state index in [0.717, 1.165) is 6.08 Å². The summed E-state index contributed by atoms with van der Waals surface area (Å²) in [5.41, 5.74) is -4.13. The fourth-order valence-electron chi connectivity index (χ4n) is 6.60. The summed E-state index contributed by atoms with van der Waals surface area (Å²) < 4.78 is 28.6. The molecule has 8 N–H and O–H groups in total. The van der Waals surface area contributed by atoms with E-state index in [1.54, 1.807) is 24.3 Å². The summed E-state index contributed by atoms with van der Waals surface area (Å²) in [6, 6.07) is 7.74. The fourth-order valence-corrected chi connectivity index (χ4v) is 6.60. The molecule has 4 heterocycles. The number of aliphatic hydroxyl groups excluding tert-OH is 3. The molecule has 0 radical (unpaired) electrons. The van der Waals surface area contributed by atoms with Crippen LogP contribution in [-0.4, -0.2) is 121 Å². The normalized spacial score (nSPS) is 30.9. The molecule has 1 aliphatic carbocycles. The van der Waals surface area contributed by atoms with Gasteiger partial charge in [-0.05, 0) is 35.9 Å². The first-order chi connectivity index (χ1) is 24.3. The third-order valence-electron chi connectivity index (χ3n) is 9.19. The third kappa shape index (κ3) is 5.60. The van der Waals surface area contributed by atoms with E-state index in [1.807, 2.05) is 0 Å². The van der Waals surface area contributed by atoms with Crippen LogP contribution in [0, 0.1) is 11.3 Å². The molecule has 266 valence electrons. The zero-order chi connectivity index (χ0) is 36.2. The number of carboxylic acid groups (broad SMARTS) is 1. The molecule has 0 amide bonds. The van der Waals surface area contributed by atoms with Gasteiger partial charge >= 0.3 is 5.97 Å². The minimum Gasteiger partial charge on any atom is -0.507 e. The van der Waals surface area contributed by atoms with E-state index in [9.17, 15) is 40.5 Å². The first-order valence-corrected chi connectivity index (χ1v) is 15.5. The Balaban J connectivity index is 1.14. The number of phenols is 1. The van der Waals surface area contributed by atoms with E-state index in [0.29, 0.717) is 17.0 Å². The van der Waals surface area contributed by atoms with Crippen LogP contribution in [-0.2, 0) is 9.53 Å². The number of aromatic hydroxyl groups is 1. The van der Waals surface area contributed by atoms with Crippen molar-refractivity contribution < 1.29 is 64.2 Å². The number of benzene rings is 2. The SMILES string of the molecule is COc1c(OC2OC(C(=O)O)C3(O)C(C4=NC=NC4)C=CC2(O)C3O)cc2c(c1O)C(O)=CC(c1ccc(OCC(O)C3=NC(=N)C=C3)cc1)O2. The minimum atomic E-state index is -2.58. The monoisotopic (exact) mass is 704 g/mol. The van der Waals surface area contributed by atoms with Crippen molar-refractivity contribution in [1.29, 1.82) is 5.41 Å². The van der Waals surface area contributed by atoms with Crippen molar-refractivity contribution in [3.63, 3.8) is 0 Å². The molecule has 51 heavy (non-hydrogen) atoms. The highest BCUT2D eigenvalue weighted by Crippen LogP contribution is 2.53. The van der Waals surface area contributed by atoms with Crippen LogP contribution in [0.2, 0.25) is 0 Å². The number of hydrogen-bond donors (Lipinski definition) is 8. The van der Waals surface area contributed by atoms with E-state index in [2.05, 4.69) is 15.0 Å². The van der Waals surface area contributed by atoms with E-state index in [1.165, 1.54) is 43.8 Å². The number of rotatable bonds is 10. The molecule has 8 atom stereocenters. The standard InChI is InChI=1S/C34H32N4O13/c1-47-28-24(50-32-33(45)9-8-17(19-12-36-14-37-19)34(46,31(33)44)29(51-32)30(42)43)11-23-26(27(28)41)20(39)10-22(49-23)15-2-4-16(5-3-15)48-13-21(40)18-6-7-25(35)38-18/h2-11,14,17,21-22,29,31-32,35,39-41,44-46H,12-13H2,1H3,(H,42,43). The predicted molar refractivity (Wildman–Crippen MR) is 177 cm³/mol. The fraction of sp³-hybridized carbons (Fsp3) is 0.324. The molecule has 2 bridgehead atoms. The van der Waals surface area contributed by atoms with Crippen molar-refractivity contribution in [3.05, 3.63) is 71.8 Å². The summed E-state index contributed by atoms with van der Waals surface area (Å²) in [4.78, 5) is 24.3. The molecule has 1 saturated heterocycles. The number of phenolic OH excluding ortho intramolecular Hbond substituents is 1. The predicted octanol–water partition coefficient (Wildman–Crippen LogP) is 0.841. The van der Waals surface area contributed by atoms with Gasteiger partial charge in [-0.15, -0.1) is 0 Å². The summed E-state index contributed by atoms with van der Waals surface area (Å²) in [7, 11) is 1.19. The molecule has 5 aliphatic rings. The Morgan fingerprint density at radius 1 is 1.18 bits per heavy atom. The molecular formula is C34H32N4O13. The molecule has 8 unspecified atom stereocenters. The molecular weight excluding hydrogens is 672 g/mol. The van der Waals surface area contributed by atoms with Gasteiger partial charge in [-0.3, -0.25) is 10.4 Å². The smallest absolute Gasteiger partial charge is 0.336 e. The van der Waals surface area contributed by atoms with Crippen LogP contribution < -0.4 is 18.9 Å². The van der Waals surface area contributed by atoms with Gasteiger partial charge in [0.15, 0.2) is 23.2 Å². The first kappa shape index (κ1) is 33.9. The van der Waals surface area contributed by atoms with Gasteiger partial charge in [-0.2, -0.15) is 0 Å². The molecule has 2 aromatic carbocycles. The Kier molecular flexibility index (Phi) is 8.39. The number of ether oxygens (including phenoxy) is 5. The molecule has 2 aromatic rings. The summed E-state index contributed by atoms with van der Waals surface area (Å²) in [5.74, 6) is -4.16. The van der Waals surface area contributed by atoms with Crippen LogP contribution >= 0.6 is 0 Å². The van der Waals surface area contributed by atoms with Gasteiger partial charge in [0.25, 0.3) is 0 Å². The maximum Gasteiger partial charge on any atom is 0.336 e. The van der Waals surface area contributed by atoms with Gasteiger partial charge in [0.1, 0.15) is 65.5 Å². The largest absolute Gasteiger partial charge is 0.507 e. The molecule has 0 spiro atoms. The van der Waals surface area contributed by atoms with Crippen LogP contribution in [0.1, 0.15) is 17.2 Å². The molecule has 17 heteroatoms. The summed E-state index contributed by atoms with van der Waals surface area (Å²) in [5, 5.41) is 84.7. The number of fused-ring (bicyclic) bond motifs is 3. The van der Waals surface area contributed by atoms with Gasteiger partial charge in [0.05, 0.1) is 31.0 Å². The zero-order valence-electron chi connectivity index (χ0n) is 26.7. The number of nitrogens with one attached hydrogen (secondary N) is 1. The topological polar surface area (TPSA) is 266 Å². The number of methoxy groups -OCH3 is 1. The van der Waals surface area contributed by atoms with Gasteiger partial charge < -0.3 is 59.4 Å². The number of carboxylic acids is 1. The maximum absolute atomic E-state index is 12.4. The number of carbonyl (C=O) groups is 1. The van der Waals surface area contributed by atoms with Crippen LogP contribution in [0.15, 0.2) is 75.7 Å². The third-order valence-corrected chi connectivity index (χ3v) is 9.19. The van der Waals surface area contributed by atoms with Crippen molar-refractivity contribution in [2.45, 2.75) is 41.9 Å². The lowest BCUT2D eigenvalue weighted by atomic mass is 9.64. The molecule has 17 nitrogen and oxygen atoms in total. The summed E-state index contributed by atoms with van der Waals surface area (Å²) >= 11 is 0. The van der Waals surface area contributed by atoms with Crippen LogP contribution in [0.4, 0.5) is 0 Å². The number of amidine groups is 1. The van der Waals surface area contributed by atoms with Crippen molar-refractivity contribution in [2.75, 3.05) is 20.3 Å². The van der Waals surface area contributed by atoms with E-state index in [-0.39, 0.29) is 53.3 Å². The molecule has 0 saturated carbocycles. The molecule has 1 fully saturated rings. The molecule has 7 rings (SSSR count). The summed E-state index contributed by atoms with van der Waals surface area (Å²) in [6.07, 6.45) is -0.213. The Morgan fingerprint density at radius 3 is 2.59 bits per heavy atom. The van der Waals surface area contributed by atoms with Gasteiger partial charge in [0.2, 0.25) is 12.0 Å². The molecule has 4 aliphatic heterocycles. The average Bonchev–Trinajstić information content (AvgIpc) is 3.79. The number of aliphatic hydroxyl groups is 5. The van der Waals surface area contributed by atoms with Crippen molar-refractivity contribution >= 4 is 35.3 Å². The number of hydrogen-bond acceptors (Lipinski definition) is 15. The minimum absolute atomic E-state index is 0.0345. The average molecular weight is 705 g/mol. The zero-order valence-corrected chi connectivity index (χ0v) is 26.7. The van der Waals surface area contributed by atoms with Gasteiger partial charge in [0, 0.05) is 12.1 Å². The van der Waals surface area contributed by atoms with Crippen molar-refractivity contribution in [1.82, 2.24) is 0 Å². The van der Waals surface area contributed by atoms with Crippen LogP contribution in [0.25, 0.3) is 5.76 Å². The number of nitrogens with zero attached hydrogens (tertiary/aromatic N) is 3. The Morgan fingerprint density at radius 2 is 1.94 bits per heavy atom. The molecule has 0 aromatic heterocycles. The van der Waals surface area contributed by atoms with Crippen molar-refractivity contribution in [3.8, 4) is 28.7 Å². The number of aliphatic imine (C=N–C) groups is 3. The highest BCUT2D eigenvalue weighted by molar-refractivity contribution is 6.15. The number of aliphatic carboxylic acids is 1. The van der Waals surface area contributed by atoms with E-state index in [4.69, 9.17) is 29.1 Å². The second-order valence-corrected chi connectivity index (χ2v) is 12.3. The van der Waals surface area contributed by atoms with E-state index >= 15 is 0 Å². The second kappa shape index (κ2) is 12.6. The Labute approximate surface area is 288 Å². The second-order valence-electron chi connectivity index (χ2n) is 12.3. The van der Waals surface area contributed by atoms with Crippen molar-refractivity contribution in [2.24, 2.45) is 20.9 Å². The lowest BCUT2D eigenvalue weighted by Crippen LogP contribution is -2.78. The maximum atomic E-state index is 12.4. The van der Waals surface area contributed by atoms with Crippen LogP contribution in [0.5, 0.6) is 28.7 Å². The lowest BCUT2D eigenvalue weighted by molar-refractivity contribution is -0.337. The summed E-state index contributed by atoms with van der Waals surface area (Å²) in [6.45, 7) is -0.0790. The quantitative estimate of drug-likeness (QED) is 0.160. The van der Waals surface area contributed by atoms with Crippen LogP contribution in [0.3, 0.4) is 0 Å². The van der Waals surface area contributed by atoms with Gasteiger partial charge in [-0.1, -0.05) is 18.2 Å².